The summed E-state index contributed by atoms with van der Waals surface area (Å²) in [5.41, 5.74) is 2.33. The van der Waals surface area contributed by atoms with Gasteiger partial charge in [-0.05, 0) is 60.4 Å². The van der Waals surface area contributed by atoms with E-state index < -0.39 is 17.7 Å². The third-order valence-electron chi connectivity index (χ3n) is 7.10. The summed E-state index contributed by atoms with van der Waals surface area (Å²) in [5, 5.41) is 13.1. The van der Waals surface area contributed by atoms with Gasteiger partial charge in [-0.3, -0.25) is 0 Å². The Bertz CT molecular complexity index is 1530. The first-order valence-corrected chi connectivity index (χ1v) is 12.9. The van der Waals surface area contributed by atoms with E-state index in [1.54, 1.807) is 0 Å². The van der Waals surface area contributed by atoms with Gasteiger partial charge in [-0.2, -0.15) is 13.2 Å². The van der Waals surface area contributed by atoms with Crippen LogP contribution in [0.2, 0.25) is 0 Å². The van der Waals surface area contributed by atoms with Crippen LogP contribution < -0.4 is 5.32 Å². The average molecular weight is 538 g/mol. The molecule has 2 aromatic carbocycles. The molecule has 1 aliphatic carbocycles. The number of benzene rings is 2. The van der Waals surface area contributed by atoms with E-state index in [9.17, 15) is 23.1 Å². The number of carbonyl (C=O) groups is 1. The van der Waals surface area contributed by atoms with Crippen molar-refractivity contribution in [3.63, 3.8) is 0 Å². The molecule has 39 heavy (non-hydrogen) atoms. The SMILES string of the molecule is CC(Nc1nc(C(=O)O)nc2nc(-c3cccc(C(C)(C)C)c3)n(Cc3ccc(C(F)(F)F)cc3)c12)C1CC1. The Morgan fingerprint density at radius 2 is 1.74 bits per heavy atom. The number of hydrogen-bond donors (Lipinski definition) is 2. The lowest BCUT2D eigenvalue weighted by Gasteiger charge is -2.20. The number of nitrogens with zero attached hydrogens (tertiary/aromatic N) is 4. The fourth-order valence-electron chi connectivity index (χ4n) is 4.64. The standard InChI is InChI=1S/C29H30F3N5O2/c1-16(18-10-11-18)33-23-22-24(35-25(34-23)27(38)39)36-26(19-6-5-7-21(14-19)28(2,3)4)37(22)15-17-8-12-20(13-9-17)29(30,31)32/h5-9,12-14,16,18H,10-11,15H2,1-4H3,(H,38,39)(H,33,34,35). The number of alkyl halides is 3. The number of carboxylic acid groups (broad SMARTS) is 1. The summed E-state index contributed by atoms with van der Waals surface area (Å²) in [5.74, 6) is -0.323. The van der Waals surface area contributed by atoms with E-state index >= 15 is 0 Å². The summed E-state index contributed by atoms with van der Waals surface area (Å²) in [6.07, 6.45) is -2.29. The molecule has 10 heteroatoms. The lowest BCUT2D eigenvalue weighted by Crippen LogP contribution is -2.20. The van der Waals surface area contributed by atoms with Gasteiger partial charge in [0.05, 0.1) is 5.56 Å². The topological polar surface area (TPSA) is 92.9 Å². The molecule has 0 bridgehead atoms. The average Bonchev–Trinajstić information content (AvgIpc) is 3.66. The van der Waals surface area contributed by atoms with Crippen molar-refractivity contribution in [1.29, 1.82) is 0 Å². The molecule has 1 atom stereocenters. The number of imidazole rings is 1. The van der Waals surface area contributed by atoms with Gasteiger partial charge in [-0.15, -0.1) is 0 Å². The Morgan fingerprint density at radius 3 is 2.33 bits per heavy atom. The molecule has 4 aromatic rings. The van der Waals surface area contributed by atoms with Crippen LogP contribution in [0.1, 0.15) is 67.8 Å². The van der Waals surface area contributed by atoms with Gasteiger partial charge in [-0.25, -0.2) is 19.7 Å². The van der Waals surface area contributed by atoms with Crippen LogP contribution >= 0.6 is 0 Å². The first-order valence-electron chi connectivity index (χ1n) is 12.9. The molecule has 0 amide bonds. The Hall–Kier alpha value is -3.95. The van der Waals surface area contributed by atoms with Crippen LogP contribution in [-0.4, -0.2) is 36.6 Å². The van der Waals surface area contributed by atoms with Crippen LogP contribution in [-0.2, 0) is 18.1 Å². The summed E-state index contributed by atoms with van der Waals surface area (Å²) < 4.78 is 41.4. The summed E-state index contributed by atoms with van der Waals surface area (Å²) >= 11 is 0. The number of nitrogens with one attached hydrogen (secondary N) is 1. The van der Waals surface area contributed by atoms with Gasteiger partial charge in [0.25, 0.3) is 0 Å². The number of hydrogen-bond acceptors (Lipinski definition) is 5. The van der Waals surface area contributed by atoms with Crippen molar-refractivity contribution in [3.05, 3.63) is 71.0 Å². The molecule has 1 fully saturated rings. The smallest absolute Gasteiger partial charge is 0.416 e. The van der Waals surface area contributed by atoms with E-state index in [1.807, 2.05) is 35.8 Å². The molecule has 7 nitrogen and oxygen atoms in total. The first-order chi connectivity index (χ1) is 18.3. The number of aromatic nitrogens is 4. The molecule has 0 spiro atoms. The van der Waals surface area contributed by atoms with Crippen LogP contribution in [0.5, 0.6) is 0 Å². The van der Waals surface area contributed by atoms with Gasteiger partial charge in [0, 0.05) is 18.2 Å². The van der Waals surface area contributed by atoms with Gasteiger partial charge in [0.2, 0.25) is 5.82 Å². The van der Waals surface area contributed by atoms with E-state index in [-0.39, 0.29) is 29.5 Å². The molecule has 2 heterocycles. The highest BCUT2D eigenvalue weighted by molar-refractivity contribution is 5.92. The highest BCUT2D eigenvalue weighted by atomic mass is 19.4. The zero-order chi connectivity index (χ0) is 28.1. The summed E-state index contributed by atoms with van der Waals surface area (Å²) in [6, 6.07) is 12.9. The number of fused-ring (bicyclic) bond motifs is 1. The van der Waals surface area contributed by atoms with Crippen molar-refractivity contribution in [2.24, 2.45) is 5.92 Å². The van der Waals surface area contributed by atoms with Crippen molar-refractivity contribution in [2.45, 2.75) is 64.7 Å². The van der Waals surface area contributed by atoms with E-state index in [1.165, 1.54) is 12.1 Å². The minimum Gasteiger partial charge on any atom is -0.475 e. The molecule has 204 valence electrons. The zero-order valence-electron chi connectivity index (χ0n) is 22.2. The molecular weight excluding hydrogens is 507 g/mol. The van der Waals surface area contributed by atoms with E-state index in [4.69, 9.17) is 4.98 Å². The van der Waals surface area contributed by atoms with Crippen LogP contribution in [0.15, 0.2) is 48.5 Å². The third kappa shape index (κ3) is 5.60. The van der Waals surface area contributed by atoms with E-state index in [0.717, 1.165) is 36.1 Å². The second-order valence-electron chi connectivity index (χ2n) is 11.2. The molecule has 0 aliphatic heterocycles. The number of halogens is 3. The van der Waals surface area contributed by atoms with Gasteiger partial charge in [0.15, 0.2) is 11.5 Å². The molecular formula is C29H30F3N5O2. The Balaban J connectivity index is 1.71. The Morgan fingerprint density at radius 1 is 1.05 bits per heavy atom. The third-order valence-corrected chi connectivity index (χ3v) is 7.10. The van der Waals surface area contributed by atoms with Crippen molar-refractivity contribution >= 4 is 23.0 Å². The predicted octanol–water partition coefficient (Wildman–Crippen LogP) is 6.77. The molecule has 1 unspecified atom stereocenters. The minimum absolute atomic E-state index is 0.0480. The maximum atomic E-state index is 13.2. The van der Waals surface area contributed by atoms with Crippen molar-refractivity contribution < 1.29 is 23.1 Å². The van der Waals surface area contributed by atoms with Crippen molar-refractivity contribution in [1.82, 2.24) is 19.5 Å². The lowest BCUT2D eigenvalue weighted by molar-refractivity contribution is -0.137. The van der Waals surface area contributed by atoms with Gasteiger partial charge < -0.3 is 15.0 Å². The molecule has 0 radical (unpaired) electrons. The lowest BCUT2D eigenvalue weighted by atomic mass is 9.86. The molecule has 5 rings (SSSR count). The second kappa shape index (κ2) is 9.66. The van der Waals surface area contributed by atoms with Crippen LogP contribution in [0.25, 0.3) is 22.6 Å². The van der Waals surface area contributed by atoms with Crippen LogP contribution in [0.3, 0.4) is 0 Å². The maximum Gasteiger partial charge on any atom is 0.416 e. The van der Waals surface area contributed by atoms with Crippen molar-refractivity contribution in [3.8, 4) is 11.4 Å². The largest absolute Gasteiger partial charge is 0.475 e. The monoisotopic (exact) mass is 537 g/mol. The van der Waals surface area contributed by atoms with Gasteiger partial charge in [-0.1, -0.05) is 51.1 Å². The second-order valence-corrected chi connectivity index (χ2v) is 11.2. The first kappa shape index (κ1) is 26.6. The van der Waals surface area contributed by atoms with Gasteiger partial charge >= 0.3 is 12.1 Å². The van der Waals surface area contributed by atoms with Gasteiger partial charge in [0.1, 0.15) is 11.3 Å². The highest BCUT2D eigenvalue weighted by Gasteiger charge is 2.31. The Labute approximate surface area is 224 Å². The molecule has 2 aromatic heterocycles. The van der Waals surface area contributed by atoms with Crippen LogP contribution in [0, 0.1) is 5.92 Å². The molecule has 1 saturated carbocycles. The normalized spacial score (nSPS) is 14.9. The minimum atomic E-state index is -4.43. The maximum absolute atomic E-state index is 13.2. The molecule has 0 saturated heterocycles. The number of aromatic carboxylic acids is 1. The summed E-state index contributed by atoms with van der Waals surface area (Å²) in [6.45, 7) is 8.51. The fraction of sp³-hybridized carbons (Fsp3) is 0.379. The molecule has 1 aliphatic rings. The van der Waals surface area contributed by atoms with E-state index in [2.05, 4.69) is 36.1 Å². The Kier molecular flexibility index (Phi) is 6.60. The van der Waals surface area contributed by atoms with Crippen LogP contribution in [0.4, 0.5) is 19.0 Å². The number of rotatable bonds is 7. The number of anilines is 1. The summed E-state index contributed by atoms with van der Waals surface area (Å²) in [4.78, 5) is 25.2. The molecule has 2 N–H and O–H groups in total. The fourth-order valence-corrected chi connectivity index (χ4v) is 4.64. The summed E-state index contributed by atoms with van der Waals surface area (Å²) in [7, 11) is 0. The van der Waals surface area contributed by atoms with E-state index in [0.29, 0.717) is 28.6 Å². The highest BCUT2D eigenvalue weighted by Crippen LogP contribution is 2.36. The van der Waals surface area contributed by atoms with Crippen molar-refractivity contribution in [2.75, 3.05) is 5.32 Å². The predicted molar refractivity (Wildman–Crippen MR) is 143 cm³/mol. The number of carboxylic acids is 1. The quantitative estimate of drug-likeness (QED) is 0.270. The zero-order valence-corrected chi connectivity index (χ0v) is 22.2.